The largest absolute Gasteiger partial charge is 0.299 e. The first-order valence-electron chi connectivity index (χ1n) is 2.55. The van der Waals surface area contributed by atoms with Crippen LogP contribution in [0.1, 0.15) is 6.92 Å². The van der Waals surface area contributed by atoms with Gasteiger partial charge in [0.15, 0.2) is 0 Å². The number of carbonyl (C=O) groups excluding carboxylic acids is 2. The Bertz CT molecular complexity index is 154. The molecule has 0 unspecified atom stereocenters. The Morgan fingerprint density at radius 1 is 1.22 bits per heavy atom. The molecule has 0 N–H and O–H groups in total. The predicted octanol–water partition coefficient (Wildman–Crippen LogP) is 0.887. The number of allylic oxidation sites excluding steroid dienone is 4. The Kier molecular flexibility index (Phi) is 4.32. The zero-order valence-electron chi connectivity index (χ0n) is 5.20. The van der Waals surface area contributed by atoms with Crippen molar-refractivity contribution >= 4 is 12.6 Å². The van der Waals surface area contributed by atoms with Crippen molar-refractivity contribution in [2.75, 3.05) is 0 Å². The molecule has 0 aliphatic carbocycles. The van der Waals surface area contributed by atoms with E-state index < -0.39 is 0 Å². The van der Waals surface area contributed by atoms with E-state index in [0.717, 1.165) is 6.29 Å². The fourth-order valence-corrected chi connectivity index (χ4v) is 0.292. The topological polar surface area (TPSA) is 34.1 Å². The highest BCUT2D eigenvalue weighted by Crippen LogP contribution is 1.85. The molecule has 0 aliphatic heterocycles. The lowest BCUT2D eigenvalue weighted by atomic mass is 10.3. The fraction of sp³-hybridized carbons (Fsp3) is 0.143. The molecule has 48 valence electrons. The summed E-state index contributed by atoms with van der Waals surface area (Å²) in [5, 5.41) is 0. The molecule has 0 saturated heterocycles. The zero-order chi connectivity index (χ0) is 7.11. The first-order chi connectivity index (χ1) is 4.31. The fourth-order valence-electron chi connectivity index (χ4n) is 0.292. The predicted molar refractivity (Wildman–Crippen MR) is 35.0 cm³/mol. The van der Waals surface area contributed by atoms with Gasteiger partial charge in [0.2, 0.25) is 0 Å². The lowest BCUT2D eigenvalue weighted by Gasteiger charge is -1.77. The van der Waals surface area contributed by atoms with E-state index in [2.05, 4.69) is 0 Å². The van der Waals surface area contributed by atoms with Gasteiger partial charge in [0, 0.05) is 0 Å². The third-order valence-corrected chi connectivity index (χ3v) is 0.735. The van der Waals surface area contributed by atoms with Gasteiger partial charge in [0.1, 0.15) is 12.6 Å². The molecule has 0 rings (SSSR count). The van der Waals surface area contributed by atoms with Crippen molar-refractivity contribution in [1.82, 2.24) is 0 Å². The minimum Gasteiger partial charge on any atom is -0.299 e. The van der Waals surface area contributed by atoms with Gasteiger partial charge >= 0.3 is 0 Å². The molecule has 0 spiro atoms. The van der Waals surface area contributed by atoms with E-state index in [-0.39, 0.29) is 0 Å². The van der Waals surface area contributed by atoms with Gasteiger partial charge in [-0.05, 0) is 18.6 Å². The van der Waals surface area contributed by atoms with Gasteiger partial charge in [0.05, 0.1) is 0 Å². The van der Waals surface area contributed by atoms with Gasteiger partial charge in [-0.2, -0.15) is 0 Å². The quantitative estimate of drug-likeness (QED) is 0.318. The lowest BCUT2D eigenvalue weighted by molar-refractivity contribution is -0.105. The van der Waals surface area contributed by atoms with Gasteiger partial charge in [0.25, 0.3) is 0 Å². The van der Waals surface area contributed by atoms with Crippen LogP contribution in [0, 0.1) is 0 Å². The summed E-state index contributed by atoms with van der Waals surface area (Å²) in [4.78, 5) is 19.6. The molecular weight excluding hydrogens is 116 g/mol. The smallest absolute Gasteiger partial charge is 0.145 e. The summed E-state index contributed by atoms with van der Waals surface area (Å²) in [7, 11) is 0. The minimum absolute atomic E-state index is 0.605. The molecule has 0 aliphatic rings. The van der Waals surface area contributed by atoms with Crippen molar-refractivity contribution in [3.63, 3.8) is 0 Å². The maximum Gasteiger partial charge on any atom is 0.145 e. The molecule has 0 aromatic carbocycles. The molecule has 0 aromatic rings. The van der Waals surface area contributed by atoms with E-state index in [0.29, 0.717) is 11.9 Å². The zero-order valence-corrected chi connectivity index (χ0v) is 5.20. The summed E-state index contributed by atoms with van der Waals surface area (Å²) in [5.41, 5.74) is 0.605. The first kappa shape index (κ1) is 7.82. The van der Waals surface area contributed by atoms with Crippen LogP contribution in [0.2, 0.25) is 0 Å². The molecule has 0 bridgehead atoms. The molecule has 2 nitrogen and oxygen atoms in total. The van der Waals surface area contributed by atoms with Crippen LogP contribution in [0.5, 0.6) is 0 Å². The molecular formula is C7H8O2. The highest BCUT2D eigenvalue weighted by atomic mass is 16.1. The van der Waals surface area contributed by atoms with E-state index in [4.69, 9.17) is 0 Å². The van der Waals surface area contributed by atoms with E-state index in [1.54, 1.807) is 13.0 Å². The van der Waals surface area contributed by atoms with Crippen LogP contribution in [0.15, 0.2) is 23.8 Å². The van der Waals surface area contributed by atoms with Crippen LogP contribution in [0.25, 0.3) is 0 Å². The summed E-state index contributed by atoms with van der Waals surface area (Å²) in [6, 6.07) is 0. The van der Waals surface area contributed by atoms with Gasteiger partial charge in [-0.1, -0.05) is 12.2 Å². The van der Waals surface area contributed by atoms with E-state index in [9.17, 15) is 9.59 Å². The van der Waals surface area contributed by atoms with E-state index >= 15 is 0 Å². The van der Waals surface area contributed by atoms with Gasteiger partial charge in [-0.3, -0.25) is 9.59 Å². The summed E-state index contributed by atoms with van der Waals surface area (Å²) in [6.45, 7) is 1.67. The standard InChI is InChI=1S/C7H8O2/c1-7(6-9)4-2-3-5-8/h2-6H,1H3. The minimum atomic E-state index is 0.605. The lowest BCUT2D eigenvalue weighted by Crippen LogP contribution is -1.72. The average Bonchev–Trinajstić information content (AvgIpc) is 1.89. The Morgan fingerprint density at radius 2 is 1.89 bits per heavy atom. The highest BCUT2D eigenvalue weighted by molar-refractivity contribution is 5.73. The summed E-state index contributed by atoms with van der Waals surface area (Å²) < 4.78 is 0. The van der Waals surface area contributed by atoms with Gasteiger partial charge < -0.3 is 0 Å². The Balaban J connectivity index is 3.81. The number of hydrogen-bond acceptors (Lipinski definition) is 2. The van der Waals surface area contributed by atoms with E-state index in [1.165, 1.54) is 12.2 Å². The van der Waals surface area contributed by atoms with Crippen LogP contribution >= 0.6 is 0 Å². The maximum atomic E-state index is 9.91. The normalized spacial score (nSPS) is 11.9. The second-order valence-electron chi connectivity index (χ2n) is 1.55. The van der Waals surface area contributed by atoms with Crippen LogP contribution in [0.3, 0.4) is 0 Å². The summed E-state index contributed by atoms with van der Waals surface area (Å²) in [5.74, 6) is 0. The highest BCUT2D eigenvalue weighted by Gasteiger charge is 1.76. The molecule has 0 radical (unpaired) electrons. The molecule has 0 saturated carbocycles. The summed E-state index contributed by atoms with van der Waals surface area (Å²) in [6.07, 6.45) is 5.81. The van der Waals surface area contributed by atoms with Crippen molar-refractivity contribution in [3.05, 3.63) is 23.8 Å². The van der Waals surface area contributed by atoms with Crippen molar-refractivity contribution in [3.8, 4) is 0 Å². The van der Waals surface area contributed by atoms with Gasteiger partial charge in [-0.15, -0.1) is 0 Å². The third-order valence-electron chi connectivity index (χ3n) is 0.735. The Hall–Kier alpha value is -1.18. The van der Waals surface area contributed by atoms with Gasteiger partial charge in [-0.25, -0.2) is 0 Å². The number of hydrogen-bond donors (Lipinski definition) is 0. The van der Waals surface area contributed by atoms with Crippen LogP contribution in [-0.4, -0.2) is 12.6 Å². The van der Waals surface area contributed by atoms with Crippen LogP contribution in [-0.2, 0) is 9.59 Å². The molecule has 0 amide bonds. The van der Waals surface area contributed by atoms with Crippen molar-refractivity contribution in [2.24, 2.45) is 0 Å². The molecule has 9 heavy (non-hydrogen) atoms. The van der Waals surface area contributed by atoms with Crippen molar-refractivity contribution in [1.29, 1.82) is 0 Å². The van der Waals surface area contributed by atoms with Crippen molar-refractivity contribution in [2.45, 2.75) is 6.92 Å². The van der Waals surface area contributed by atoms with Crippen LogP contribution < -0.4 is 0 Å². The Labute approximate surface area is 53.9 Å². The van der Waals surface area contributed by atoms with Crippen LogP contribution in [0.4, 0.5) is 0 Å². The molecule has 0 heterocycles. The second kappa shape index (κ2) is 4.97. The van der Waals surface area contributed by atoms with Crippen molar-refractivity contribution < 1.29 is 9.59 Å². The monoisotopic (exact) mass is 124 g/mol. The molecule has 0 fully saturated rings. The number of aldehydes is 2. The SMILES string of the molecule is CC(C=O)=CC=CC=O. The number of carbonyl (C=O) groups is 2. The van der Waals surface area contributed by atoms with E-state index in [1.807, 2.05) is 0 Å². The molecule has 0 atom stereocenters. The average molecular weight is 124 g/mol. The molecule has 2 heteroatoms. The summed E-state index contributed by atoms with van der Waals surface area (Å²) >= 11 is 0. The Morgan fingerprint density at radius 3 is 2.33 bits per heavy atom. The number of rotatable bonds is 3. The first-order valence-corrected chi connectivity index (χ1v) is 2.55. The second-order valence-corrected chi connectivity index (χ2v) is 1.55. The maximum absolute atomic E-state index is 9.91. The molecule has 0 aromatic heterocycles. The third kappa shape index (κ3) is 4.68.